The van der Waals surface area contributed by atoms with Crippen LogP contribution in [0.4, 0.5) is 5.69 Å². The number of ether oxygens (including phenoxy) is 1. The molecule has 1 fully saturated rings. The first kappa shape index (κ1) is 16.9. The topological polar surface area (TPSA) is 64.4 Å². The number of amides is 1. The molecular weight excluding hydrogens is 300 g/mol. The fourth-order valence-electron chi connectivity index (χ4n) is 3.19. The number of anilines is 1. The number of benzene rings is 1. The van der Waals surface area contributed by atoms with Crippen LogP contribution in [0.25, 0.3) is 0 Å². The Morgan fingerprint density at radius 1 is 1.27 bits per heavy atom. The van der Waals surface area contributed by atoms with Gasteiger partial charge in [0.25, 0.3) is 0 Å². The Labute approximate surface area is 138 Å². The fourth-order valence-corrected chi connectivity index (χ4v) is 3.19. The number of halogens is 1. The molecule has 3 N–H and O–H groups in total. The number of nitrogen functional groups attached to an aromatic ring is 1. The van der Waals surface area contributed by atoms with Crippen molar-refractivity contribution < 1.29 is 9.53 Å². The highest BCUT2D eigenvalue weighted by atomic mass is 35.5. The smallest absolute Gasteiger partial charge is 0.224 e. The van der Waals surface area contributed by atoms with E-state index in [0.717, 1.165) is 24.2 Å². The van der Waals surface area contributed by atoms with Crippen LogP contribution in [0.2, 0.25) is 0 Å². The van der Waals surface area contributed by atoms with Gasteiger partial charge in [0.2, 0.25) is 5.91 Å². The Morgan fingerprint density at radius 3 is 2.50 bits per heavy atom. The van der Waals surface area contributed by atoms with E-state index in [9.17, 15) is 4.79 Å². The Hall–Kier alpha value is -1.42. The van der Waals surface area contributed by atoms with Gasteiger partial charge in [-0.05, 0) is 43.9 Å². The van der Waals surface area contributed by atoms with Crippen molar-refractivity contribution in [2.75, 3.05) is 5.73 Å². The van der Waals surface area contributed by atoms with Gasteiger partial charge in [-0.2, -0.15) is 0 Å². The molecule has 0 saturated heterocycles. The van der Waals surface area contributed by atoms with Gasteiger partial charge in [-0.25, -0.2) is 0 Å². The van der Waals surface area contributed by atoms with Crippen molar-refractivity contribution in [2.24, 2.45) is 11.3 Å². The first-order valence-corrected chi connectivity index (χ1v) is 7.57. The van der Waals surface area contributed by atoms with E-state index in [-0.39, 0.29) is 41.3 Å². The molecular formula is C17H25ClN2O2. The summed E-state index contributed by atoms with van der Waals surface area (Å²) in [5.74, 6) is 1.10. The van der Waals surface area contributed by atoms with Crippen molar-refractivity contribution in [3.05, 3.63) is 23.8 Å². The van der Waals surface area contributed by atoms with Gasteiger partial charge < -0.3 is 15.8 Å². The lowest BCUT2D eigenvalue weighted by molar-refractivity contribution is -0.124. The molecule has 22 heavy (non-hydrogen) atoms. The molecule has 1 amide bonds. The number of fused-ring (bicyclic) bond motifs is 1. The molecule has 1 aromatic rings. The minimum absolute atomic E-state index is 0. The van der Waals surface area contributed by atoms with E-state index >= 15 is 0 Å². The van der Waals surface area contributed by atoms with Crippen LogP contribution in [0, 0.1) is 11.3 Å². The SMILES string of the molecule is CC1(C)CC(NC(=O)C2CC2(C)C)c2cc(N)ccc2O1.Cl. The lowest BCUT2D eigenvalue weighted by Gasteiger charge is -2.38. The van der Waals surface area contributed by atoms with Gasteiger partial charge in [-0.3, -0.25) is 4.79 Å². The zero-order valence-electron chi connectivity index (χ0n) is 13.6. The first-order valence-electron chi connectivity index (χ1n) is 7.57. The van der Waals surface area contributed by atoms with E-state index < -0.39 is 0 Å². The second-order valence-electron chi connectivity index (χ2n) is 7.67. The highest BCUT2D eigenvalue weighted by molar-refractivity contribution is 5.85. The minimum Gasteiger partial charge on any atom is -0.487 e. The van der Waals surface area contributed by atoms with Crippen molar-refractivity contribution in [3.63, 3.8) is 0 Å². The summed E-state index contributed by atoms with van der Waals surface area (Å²) in [5.41, 5.74) is 7.42. The summed E-state index contributed by atoms with van der Waals surface area (Å²) < 4.78 is 6.00. The number of hydrogen-bond acceptors (Lipinski definition) is 3. The Balaban J connectivity index is 0.00000176. The van der Waals surface area contributed by atoms with Crippen LogP contribution in [0.3, 0.4) is 0 Å². The third-order valence-corrected chi connectivity index (χ3v) is 4.64. The molecule has 0 aromatic heterocycles. The zero-order valence-corrected chi connectivity index (χ0v) is 14.4. The van der Waals surface area contributed by atoms with Crippen LogP contribution >= 0.6 is 12.4 Å². The van der Waals surface area contributed by atoms with E-state index in [1.54, 1.807) is 0 Å². The second-order valence-corrected chi connectivity index (χ2v) is 7.67. The molecule has 3 rings (SSSR count). The van der Waals surface area contributed by atoms with Crippen LogP contribution in [0.15, 0.2) is 18.2 Å². The summed E-state index contributed by atoms with van der Waals surface area (Å²) in [6, 6.07) is 5.61. The molecule has 1 saturated carbocycles. The molecule has 2 atom stereocenters. The third-order valence-electron chi connectivity index (χ3n) is 4.64. The maximum absolute atomic E-state index is 12.4. The number of rotatable bonds is 2. The predicted molar refractivity (Wildman–Crippen MR) is 90.2 cm³/mol. The third kappa shape index (κ3) is 3.17. The standard InChI is InChI=1S/C17H24N2O2.ClH/c1-16(2)8-12(16)15(20)19-13-9-17(3,4)21-14-6-5-10(18)7-11(13)14;/h5-7,12-13H,8-9,18H2,1-4H3,(H,19,20);1H. The maximum atomic E-state index is 12.4. The van der Waals surface area contributed by atoms with E-state index in [1.165, 1.54) is 0 Å². The van der Waals surface area contributed by atoms with Crippen LogP contribution in [0.1, 0.15) is 52.1 Å². The average molecular weight is 325 g/mol. The molecule has 1 aliphatic heterocycles. The Kier molecular flexibility index (Phi) is 4.11. The van der Waals surface area contributed by atoms with Crippen molar-refractivity contribution in [1.82, 2.24) is 5.32 Å². The molecule has 122 valence electrons. The van der Waals surface area contributed by atoms with Crippen LogP contribution < -0.4 is 15.8 Å². The maximum Gasteiger partial charge on any atom is 0.224 e. The molecule has 0 radical (unpaired) electrons. The van der Waals surface area contributed by atoms with E-state index in [0.29, 0.717) is 5.69 Å². The molecule has 0 bridgehead atoms. The molecule has 1 aliphatic carbocycles. The number of nitrogens with two attached hydrogens (primary N) is 1. The monoisotopic (exact) mass is 324 g/mol. The summed E-state index contributed by atoms with van der Waals surface area (Å²) in [6.07, 6.45) is 1.72. The number of nitrogens with one attached hydrogen (secondary N) is 1. The van der Waals surface area contributed by atoms with Gasteiger partial charge in [-0.1, -0.05) is 13.8 Å². The van der Waals surface area contributed by atoms with Crippen molar-refractivity contribution in [2.45, 2.75) is 52.2 Å². The van der Waals surface area contributed by atoms with Crippen LogP contribution in [-0.4, -0.2) is 11.5 Å². The molecule has 4 nitrogen and oxygen atoms in total. The Bertz CT molecular complexity index is 598. The molecule has 0 spiro atoms. The summed E-state index contributed by atoms with van der Waals surface area (Å²) in [7, 11) is 0. The zero-order chi connectivity index (χ0) is 15.4. The van der Waals surface area contributed by atoms with Gasteiger partial charge in [-0.15, -0.1) is 12.4 Å². The summed E-state index contributed by atoms with van der Waals surface area (Å²) in [4.78, 5) is 12.4. The quantitative estimate of drug-likeness (QED) is 0.819. The van der Waals surface area contributed by atoms with E-state index in [4.69, 9.17) is 10.5 Å². The van der Waals surface area contributed by atoms with Crippen molar-refractivity contribution in [1.29, 1.82) is 0 Å². The summed E-state index contributed by atoms with van der Waals surface area (Å²) in [6.45, 7) is 8.37. The van der Waals surface area contributed by atoms with Crippen LogP contribution in [-0.2, 0) is 4.79 Å². The Morgan fingerprint density at radius 2 is 1.91 bits per heavy atom. The van der Waals surface area contributed by atoms with Gasteiger partial charge >= 0.3 is 0 Å². The van der Waals surface area contributed by atoms with Crippen molar-refractivity contribution in [3.8, 4) is 5.75 Å². The normalized spacial score (nSPS) is 26.9. The molecule has 1 aromatic carbocycles. The van der Waals surface area contributed by atoms with Gasteiger partial charge in [0, 0.05) is 23.6 Å². The molecule has 1 heterocycles. The lowest BCUT2D eigenvalue weighted by atomic mass is 9.89. The molecule has 2 unspecified atom stereocenters. The number of carbonyl (C=O) groups is 1. The average Bonchev–Trinajstić information content (AvgIpc) is 2.99. The van der Waals surface area contributed by atoms with Crippen LogP contribution in [0.5, 0.6) is 5.75 Å². The van der Waals surface area contributed by atoms with E-state index in [1.807, 2.05) is 32.0 Å². The number of carbonyl (C=O) groups excluding carboxylic acids is 1. The first-order chi connectivity index (χ1) is 9.68. The molecule has 5 heteroatoms. The fraction of sp³-hybridized carbons (Fsp3) is 0.588. The highest BCUT2D eigenvalue weighted by Crippen LogP contribution is 2.52. The van der Waals surface area contributed by atoms with Gasteiger partial charge in [0.05, 0.1) is 6.04 Å². The van der Waals surface area contributed by atoms with Gasteiger partial charge in [0.15, 0.2) is 0 Å². The molecule has 2 aliphatic rings. The summed E-state index contributed by atoms with van der Waals surface area (Å²) >= 11 is 0. The minimum atomic E-state index is -0.292. The summed E-state index contributed by atoms with van der Waals surface area (Å²) in [5, 5.41) is 3.20. The van der Waals surface area contributed by atoms with E-state index in [2.05, 4.69) is 19.2 Å². The van der Waals surface area contributed by atoms with Crippen molar-refractivity contribution >= 4 is 24.0 Å². The number of hydrogen-bond donors (Lipinski definition) is 2. The second kappa shape index (κ2) is 5.34. The lowest BCUT2D eigenvalue weighted by Crippen LogP contribution is -2.42. The highest BCUT2D eigenvalue weighted by Gasteiger charge is 2.51. The van der Waals surface area contributed by atoms with Gasteiger partial charge in [0.1, 0.15) is 11.4 Å². The predicted octanol–water partition coefficient (Wildman–Crippen LogP) is 3.46. The largest absolute Gasteiger partial charge is 0.487 e.